The lowest BCUT2D eigenvalue weighted by Crippen LogP contribution is -2.27. The Morgan fingerprint density at radius 1 is 1.37 bits per heavy atom. The molecule has 1 fully saturated rings. The Kier molecular flexibility index (Phi) is 4.93. The van der Waals surface area contributed by atoms with E-state index >= 15 is 0 Å². The molecule has 0 aliphatic carbocycles. The molecule has 2 rings (SSSR count). The molecule has 1 aliphatic rings. The molecule has 0 spiro atoms. The smallest absolute Gasteiger partial charge is 0.345 e. The van der Waals surface area contributed by atoms with Crippen molar-refractivity contribution < 1.29 is 19.4 Å². The van der Waals surface area contributed by atoms with E-state index in [1.54, 1.807) is 12.1 Å². The average Bonchev–Trinajstić information content (AvgIpc) is 2.86. The van der Waals surface area contributed by atoms with Crippen LogP contribution in [0.4, 0.5) is 0 Å². The lowest BCUT2D eigenvalue weighted by molar-refractivity contribution is -0.122. The third-order valence-corrected chi connectivity index (χ3v) is 4.22. The zero-order chi connectivity index (χ0) is 13.7. The fourth-order valence-corrected chi connectivity index (χ4v) is 2.84. The zero-order valence-electron chi connectivity index (χ0n) is 10.6. The van der Waals surface area contributed by atoms with E-state index in [1.807, 2.05) is 0 Å². The van der Waals surface area contributed by atoms with Crippen LogP contribution in [0.2, 0.25) is 0 Å². The highest BCUT2D eigenvalue weighted by Gasteiger charge is 2.17. The van der Waals surface area contributed by atoms with Crippen molar-refractivity contribution in [3.8, 4) is 0 Å². The third-order valence-electron chi connectivity index (χ3n) is 3.15. The van der Waals surface area contributed by atoms with Crippen LogP contribution in [0, 0.1) is 5.92 Å². The van der Waals surface area contributed by atoms with Gasteiger partial charge >= 0.3 is 5.97 Å². The number of carboxylic acids is 1. The maximum Gasteiger partial charge on any atom is 0.345 e. The van der Waals surface area contributed by atoms with E-state index in [-0.39, 0.29) is 5.91 Å². The van der Waals surface area contributed by atoms with Crippen LogP contribution in [0.3, 0.4) is 0 Å². The maximum absolute atomic E-state index is 11.8. The minimum Gasteiger partial charge on any atom is -0.477 e. The van der Waals surface area contributed by atoms with Crippen molar-refractivity contribution >= 4 is 23.2 Å². The molecule has 1 aromatic rings. The van der Waals surface area contributed by atoms with Crippen LogP contribution < -0.4 is 5.32 Å². The summed E-state index contributed by atoms with van der Waals surface area (Å²) in [5.74, 6) is -0.492. The Bertz CT molecular complexity index is 451. The van der Waals surface area contributed by atoms with Crippen LogP contribution in [-0.4, -0.2) is 30.2 Å². The van der Waals surface area contributed by atoms with Crippen molar-refractivity contribution in [3.63, 3.8) is 0 Å². The monoisotopic (exact) mass is 283 g/mol. The maximum atomic E-state index is 11.8. The van der Waals surface area contributed by atoms with E-state index in [0.29, 0.717) is 23.8 Å². The molecule has 0 atom stereocenters. The molecule has 2 N–H and O–H groups in total. The van der Waals surface area contributed by atoms with Crippen LogP contribution in [0.1, 0.15) is 33.8 Å². The minimum atomic E-state index is -0.926. The number of aromatic carboxylic acids is 1. The first-order chi connectivity index (χ1) is 9.15. The average molecular weight is 283 g/mol. The van der Waals surface area contributed by atoms with Crippen molar-refractivity contribution in [3.05, 3.63) is 21.9 Å². The van der Waals surface area contributed by atoms with Crippen LogP contribution in [0.5, 0.6) is 0 Å². The Labute approximate surface area is 115 Å². The van der Waals surface area contributed by atoms with Crippen LogP contribution in [0.15, 0.2) is 12.1 Å². The molecular weight excluding hydrogens is 266 g/mol. The number of rotatable bonds is 5. The Hall–Kier alpha value is -1.40. The summed E-state index contributed by atoms with van der Waals surface area (Å²) in [5, 5.41) is 11.6. The Morgan fingerprint density at radius 2 is 2.11 bits per heavy atom. The lowest BCUT2D eigenvalue weighted by atomic mass is 9.96. The second-order valence-corrected chi connectivity index (χ2v) is 5.78. The van der Waals surface area contributed by atoms with E-state index < -0.39 is 5.97 Å². The second-order valence-electron chi connectivity index (χ2n) is 4.61. The molecule has 0 unspecified atom stereocenters. The van der Waals surface area contributed by atoms with Gasteiger partial charge in [-0.25, -0.2) is 4.79 Å². The zero-order valence-corrected chi connectivity index (χ0v) is 11.4. The van der Waals surface area contributed by atoms with E-state index in [4.69, 9.17) is 9.84 Å². The third kappa shape index (κ3) is 4.33. The lowest BCUT2D eigenvalue weighted by Gasteiger charge is -2.21. The second kappa shape index (κ2) is 6.68. The summed E-state index contributed by atoms with van der Waals surface area (Å²) >= 11 is 1.19. The van der Waals surface area contributed by atoms with E-state index in [1.165, 1.54) is 11.3 Å². The molecular formula is C13H17NO4S. The predicted octanol–water partition coefficient (Wildman–Crippen LogP) is 1.88. The normalized spacial score (nSPS) is 16.2. The molecule has 0 bridgehead atoms. The number of carboxylic acid groups (broad SMARTS) is 1. The molecule has 2 heterocycles. The first kappa shape index (κ1) is 14.0. The summed E-state index contributed by atoms with van der Waals surface area (Å²) in [6.45, 7) is 1.88. The number of nitrogens with one attached hydrogen (secondary N) is 1. The highest BCUT2D eigenvalue weighted by Crippen LogP contribution is 2.19. The van der Waals surface area contributed by atoms with Gasteiger partial charge in [0.25, 0.3) is 0 Å². The van der Waals surface area contributed by atoms with Crippen LogP contribution in [0.25, 0.3) is 0 Å². The molecule has 104 valence electrons. The standard InChI is InChI=1S/C13H17NO4S/c15-12(7-9-3-5-18-6-4-9)14-8-10-1-2-11(19-10)13(16)17/h1-2,9H,3-8H2,(H,14,15)(H,16,17). The first-order valence-corrected chi connectivity index (χ1v) is 7.13. The number of hydrogen-bond donors (Lipinski definition) is 2. The van der Waals surface area contributed by atoms with E-state index in [9.17, 15) is 9.59 Å². The number of hydrogen-bond acceptors (Lipinski definition) is 4. The summed E-state index contributed by atoms with van der Waals surface area (Å²) in [7, 11) is 0. The van der Waals surface area contributed by atoms with Gasteiger partial charge in [-0.3, -0.25) is 4.79 Å². The molecule has 1 aliphatic heterocycles. The van der Waals surface area contributed by atoms with Gasteiger partial charge in [-0.15, -0.1) is 11.3 Å². The van der Waals surface area contributed by atoms with Gasteiger partial charge in [-0.1, -0.05) is 0 Å². The molecule has 1 aromatic heterocycles. The van der Waals surface area contributed by atoms with Gasteiger partial charge in [0.1, 0.15) is 4.88 Å². The molecule has 0 radical (unpaired) electrons. The van der Waals surface area contributed by atoms with E-state index in [0.717, 1.165) is 30.9 Å². The number of thiophene rings is 1. The molecule has 0 saturated carbocycles. The summed E-state index contributed by atoms with van der Waals surface area (Å²) in [5.41, 5.74) is 0. The SMILES string of the molecule is O=C(CC1CCOCC1)NCc1ccc(C(=O)O)s1. The predicted molar refractivity (Wildman–Crippen MR) is 71.3 cm³/mol. The van der Waals surface area contributed by atoms with Gasteiger partial charge in [0.2, 0.25) is 5.91 Å². The molecule has 1 saturated heterocycles. The number of amides is 1. The quantitative estimate of drug-likeness (QED) is 0.865. The van der Waals surface area contributed by atoms with Crippen molar-refractivity contribution in [1.29, 1.82) is 0 Å². The van der Waals surface area contributed by atoms with Crippen LogP contribution in [-0.2, 0) is 16.1 Å². The van der Waals surface area contributed by atoms with Crippen LogP contribution >= 0.6 is 11.3 Å². The molecule has 6 heteroatoms. The summed E-state index contributed by atoms with van der Waals surface area (Å²) in [4.78, 5) is 23.6. The van der Waals surface area contributed by atoms with Gasteiger partial charge in [-0.2, -0.15) is 0 Å². The van der Waals surface area contributed by atoms with Gasteiger partial charge in [0, 0.05) is 24.5 Å². The Morgan fingerprint density at radius 3 is 2.74 bits per heavy atom. The first-order valence-electron chi connectivity index (χ1n) is 6.31. The fourth-order valence-electron chi connectivity index (χ4n) is 2.06. The van der Waals surface area contributed by atoms with Gasteiger partial charge in [0.05, 0.1) is 6.54 Å². The number of ether oxygens (including phenoxy) is 1. The van der Waals surface area contributed by atoms with Crippen molar-refractivity contribution in [2.24, 2.45) is 5.92 Å². The topological polar surface area (TPSA) is 75.6 Å². The summed E-state index contributed by atoms with van der Waals surface area (Å²) in [6.07, 6.45) is 2.41. The van der Waals surface area contributed by atoms with E-state index in [2.05, 4.69) is 5.32 Å². The highest BCUT2D eigenvalue weighted by molar-refractivity contribution is 7.13. The van der Waals surface area contributed by atoms with Gasteiger partial charge in [-0.05, 0) is 30.9 Å². The molecule has 1 amide bonds. The van der Waals surface area contributed by atoms with Gasteiger partial charge in [0.15, 0.2) is 0 Å². The molecule has 19 heavy (non-hydrogen) atoms. The largest absolute Gasteiger partial charge is 0.477 e. The molecule has 5 nitrogen and oxygen atoms in total. The van der Waals surface area contributed by atoms with Crippen molar-refractivity contribution in [2.75, 3.05) is 13.2 Å². The number of carbonyl (C=O) groups excluding carboxylic acids is 1. The Balaban J connectivity index is 1.74. The van der Waals surface area contributed by atoms with Crippen molar-refractivity contribution in [2.45, 2.75) is 25.8 Å². The fraction of sp³-hybridized carbons (Fsp3) is 0.538. The number of carbonyl (C=O) groups is 2. The molecule has 0 aromatic carbocycles. The van der Waals surface area contributed by atoms with Gasteiger partial charge < -0.3 is 15.2 Å². The highest BCUT2D eigenvalue weighted by atomic mass is 32.1. The summed E-state index contributed by atoms with van der Waals surface area (Å²) in [6, 6.07) is 3.30. The minimum absolute atomic E-state index is 0.0252. The van der Waals surface area contributed by atoms with Crippen molar-refractivity contribution in [1.82, 2.24) is 5.32 Å². The summed E-state index contributed by atoms with van der Waals surface area (Å²) < 4.78 is 5.25.